The predicted octanol–water partition coefficient (Wildman–Crippen LogP) is 2.21. The molecule has 0 aliphatic heterocycles. The number of nitrogens with one attached hydrogen (secondary N) is 1. The first-order chi connectivity index (χ1) is 10.6. The van der Waals surface area contributed by atoms with Crippen molar-refractivity contribution in [2.45, 2.75) is 25.8 Å². The minimum Gasteiger partial charge on any atom is -0.351 e. The zero-order valence-corrected chi connectivity index (χ0v) is 12.7. The monoisotopic (exact) mass is 303 g/mol. The second kappa shape index (κ2) is 7.70. The standard InChI is InChI=1S/C16H21N3O3/c1-2-18(14-8-9-14)12-11-17-16(20)10-7-13-5-3-4-6-15(13)19(21)22/h3-7,10,14H,2,8-9,11-12H2,1H3,(H,17,20). The molecule has 22 heavy (non-hydrogen) atoms. The Morgan fingerprint density at radius 1 is 1.45 bits per heavy atom. The van der Waals surface area contributed by atoms with Crippen molar-refractivity contribution >= 4 is 17.7 Å². The van der Waals surface area contributed by atoms with Gasteiger partial charge in [0, 0.05) is 31.3 Å². The van der Waals surface area contributed by atoms with Crippen molar-refractivity contribution in [3.8, 4) is 0 Å². The van der Waals surface area contributed by atoms with Gasteiger partial charge in [0.05, 0.1) is 10.5 Å². The molecule has 0 aromatic heterocycles. The van der Waals surface area contributed by atoms with Crippen LogP contribution >= 0.6 is 0 Å². The van der Waals surface area contributed by atoms with E-state index in [0.717, 1.165) is 13.1 Å². The third kappa shape index (κ3) is 4.66. The third-order valence-corrected chi connectivity index (χ3v) is 3.72. The van der Waals surface area contributed by atoms with Gasteiger partial charge in [-0.15, -0.1) is 0 Å². The molecule has 0 unspecified atom stereocenters. The minimum atomic E-state index is -0.452. The molecule has 0 atom stereocenters. The van der Waals surface area contributed by atoms with Crippen LogP contribution in [-0.4, -0.2) is 41.4 Å². The molecular weight excluding hydrogens is 282 g/mol. The molecule has 1 amide bonds. The second-order valence-corrected chi connectivity index (χ2v) is 5.30. The number of carbonyl (C=O) groups excluding carboxylic acids is 1. The summed E-state index contributed by atoms with van der Waals surface area (Å²) in [5, 5.41) is 13.7. The lowest BCUT2D eigenvalue weighted by Crippen LogP contribution is -2.35. The van der Waals surface area contributed by atoms with Crippen molar-refractivity contribution in [1.29, 1.82) is 0 Å². The highest BCUT2D eigenvalue weighted by atomic mass is 16.6. The highest BCUT2D eigenvalue weighted by molar-refractivity contribution is 5.92. The fourth-order valence-corrected chi connectivity index (χ4v) is 2.38. The van der Waals surface area contributed by atoms with E-state index in [-0.39, 0.29) is 11.6 Å². The van der Waals surface area contributed by atoms with Crippen molar-refractivity contribution in [1.82, 2.24) is 10.2 Å². The van der Waals surface area contributed by atoms with Gasteiger partial charge in [0.25, 0.3) is 5.69 Å². The second-order valence-electron chi connectivity index (χ2n) is 5.30. The third-order valence-electron chi connectivity index (χ3n) is 3.72. The van der Waals surface area contributed by atoms with Crippen LogP contribution in [0.15, 0.2) is 30.3 Å². The summed E-state index contributed by atoms with van der Waals surface area (Å²) in [5.74, 6) is -0.231. The number of amides is 1. The summed E-state index contributed by atoms with van der Waals surface area (Å²) in [6, 6.07) is 7.04. The van der Waals surface area contributed by atoms with E-state index < -0.39 is 4.92 Å². The summed E-state index contributed by atoms with van der Waals surface area (Å²) in [6.07, 6.45) is 5.32. The number of nitro groups is 1. The molecule has 0 spiro atoms. The number of hydrogen-bond acceptors (Lipinski definition) is 4. The average molecular weight is 303 g/mol. The normalized spacial score (nSPS) is 14.5. The van der Waals surface area contributed by atoms with E-state index in [1.807, 2.05) is 0 Å². The Hall–Kier alpha value is -2.21. The highest BCUT2D eigenvalue weighted by Crippen LogP contribution is 2.25. The molecule has 0 radical (unpaired) electrons. The maximum absolute atomic E-state index is 11.8. The molecule has 1 N–H and O–H groups in total. The van der Waals surface area contributed by atoms with Crippen LogP contribution in [0.2, 0.25) is 0 Å². The number of nitro benzene ring substituents is 1. The molecule has 1 aliphatic rings. The highest BCUT2D eigenvalue weighted by Gasteiger charge is 2.27. The van der Waals surface area contributed by atoms with Gasteiger partial charge in [-0.3, -0.25) is 19.8 Å². The van der Waals surface area contributed by atoms with E-state index in [2.05, 4.69) is 17.1 Å². The van der Waals surface area contributed by atoms with E-state index in [4.69, 9.17) is 0 Å². The molecule has 118 valence electrons. The summed E-state index contributed by atoms with van der Waals surface area (Å²) < 4.78 is 0. The maximum Gasteiger partial charge on any atom is 0.276 e. The van der Waals surface area contributed by atoms with E-state index in [1.54, 1.807) is 18.2 Å². The fraction of sp³-hybridized carbons (Fsp3) is 0.438. The summed E-state index contributed by atoms with van der Waals surface area (Å²) in [6.45, 7) is 4.54. The lowest BCUT2D eigenvalue weighted by atomic mass is 10.1. The van der Waals surface area contributed by atoms with E-state index in [1.165, 1.54) is 31.1 Å². The Balaban J connectivity index is 1.82. The molecule has 0 saturated heterocycles. The van der Waals surface area contributed by atoms with Crippen molar-refractivity contribution in [3.63, 3.8) is 0 Å². The van der Waals surface area contributed by atoms with Gasteiger partial charge in [-0.25, -0.2) is 0 Å². The number of likely N-dealkylation sites (N-methyl/N-ethyl adjacent to an activating group) is 1. The minimum absolute atomic E-state index is 0.00237. The molecule has 2 rings (SSSR count). The van der Waals surface area contributed by atoms with Gasteiger partial charge in [0.1, 0.15) is 0 Å². The van der Waals surface area contributed by atoms with Gasteiger partial charge in [0.15, 0.2) is 0 Å². The Morgan fingerprint density at radius 3 is 2.82 bits per heavy atom. The lowest BCUT2D eigenvalue weighted by molar-refractivity contribution is -0.385. The van der Waals surface area contributed by atoms with E-state index >= 15 is 0 Å². The molecule has 6 nitrogen and oxygen atoms in total. The Labute approximate surface area is 130 Å². The van der Waals surface area contributed by atoms with Crippen LogP contribution in [0.1, 0.15) is 25.3 Å². The van der Waals surface area contributed by atoms with Gasteiger partial charge < -0.3 is 5.32 Å². The summed E-state index contributed by atoms with van der Waals surface area (Å²) >= 11 is 0. The van der Waals surface area contributed by atoms with Crippen LogP contribution < -0.4 is 5.32 Å². The first kappa shape index (κ1) is 16.2. The number of para-hydroxylation sites is 1. The van der Waals surface area contributed by atoms with Crippen LogP contribution in [0.4, 0.5) is 5.69 Å². The first-order valence-electron chi connectivity index (χ1n) is 7.55. The maximum atomic E-state index is 11.8. The topological polar surface area (TPSA) is 75.5 Å². The molecule has 1 fully saturated rings. The lowest BCUT2D eigenvalue weighted by Gasteiger charge is -2.19. The predicted molar refractivity (Wildman–Crippen MR) is 85.4 cm³/mol. The number of rotatable bonds is 8. The molecule has 1 aromatic rings. The molecule has 1 aromatic carbocycles. The smallest absolute Gasteiger partial charge is 0.276 e. The van der Waals surface area contributed by atoms with Gasteiger partial charge in [-0.1, -0.05) is 19.1 Å². The van der Waals surface area contributed by atoms with E-state index in [0.29, 0.717) is 18.2 Å². The summed E-state index contributed by atoms with van der Waals surface area (Å²) in [4.78, 5) is 24.5. The molecule has 1 aliphatic carbocycles. The number of nitrogens with zero attached hydrogens (tertiary/aromatic N) is 2. The van der Waals surface area contributed by atoms with Crippen LogP contribution in [0.25, 0.3) is 6.08 Å². The number of carbonyl (C=O) groups is 1. The molecule has 6 heteroatoms. The van der Waals surface area contributed by atoms with Gasteiger partial charge in [-0.2, -0.15) is 0 Å². The number of benzene rings is 1. The average Bonchev–Trinajstić information content (AvgIpc) is 3.34. The SMILES string of the molecule is CCN(CCNC(=O)C=Cc1ccccc1[N+](=O)[O-])C1CC1. The fourth-order valence-electron chi connectivity index (χ4n) is 2.38. The quantitative estimate of drug-likeness (QED) is 0.454. The van der Waals surface area contributed by atoms with Crippen molar-refractivity contribution in [3.05, 3.63) is 46.0 Å². The van der Waals surface area contributed by atoms with Gasteiger partial charge in [0.2, 0.25) is 5.91 Å². The van der Waals surface area contributed by atoms with Crippen LogP contribution in [0, 0.1) is 10.1 Å². The zero-order valence-electron chi connectivity index (χ0n) is 12.7. The van der Waals surface area contributed by atoms with Gasteiger partial charge in [-0.05, 0) is 31.5 Å². The Morgan fingerprint density at radius 2 is 2.18 bits per heavy atom. The largest absolute Gasteiger partial charge is 0.351 e. The summed E-state index contributed by atoms with van der Waals surface area (Å²) in [5.41, 5.74) is 0.424. The first-order valence-corrected chi connectivity index (χ1v) is 7.55. The molecule has 1 saturated carbocycles. The van der Waals surface area contributed by atoms with Crippen molar-refractivity contribution < 1.29 is 9.72 Å². The summed E-state index contributed by atoms with van der Waals surface area (Å²) in [7, 11) is 0. The Bertz CT molecular complexity index is 568. The van der Waals surface area contributed by atoms with Crippen molar-refractivity contribution in [2.75, 3.05) is 19.6 Å². The molecule has 0 heterocycles. The number of hydrogen-bond donors (Lipinski definition) is 1. The Kier molecular flexibility index (Phi) is 5.66. The van der Waals surface area contributed by atoms with E-state index in [9.17, 15) is 14.9 Å². The molecular formula is C16H21N3O3. The van der Waals surface area contributed by atoms with Gasteiger partial charge >= 0.3 is 0 Å². The van der Waals surface area contributed by atoms with Crippen LogP contribution in [-0.2, 0) is 4.79 Å². The van der Waals surface area contributed by atoms with Crippen LogP contribution in [0.3, 0.4) is 0 Å². The zero-order chi connectivity index (χ0) is 15.9. The molecule has 0 bridgehead atoms. The van der Waals surface area contributed by atoms with Crippen LogP contribution in [0.5, 0.6) is 0 Å². The van der Waals surface area contributed by atoms with Crippen molar-refractivity contribution in [2.24, 2.45) is 0 Å².